The Morgan fingerprint density at radius 3 is 1.86 bits per heavy atom. The van der Waals surface area contributed by atoms with E-state index in [0.717, 1.165) is 16.9 Å². The van der Waals surface area contributed by atoms with Gasteiger partial charge in [-0.1, -0.05) is 13.2 Å². The highest BCUT2D eigenvalue weighted by Gasteiger charge is 2.05. The number of hydrogen-bond donors (Lipinski definition) is 1. The first-order valence-electron chi connectivity index (χ1n) is 4.25. The summed E-state index contributed by atoms with van der Waals surface area (Å²) in [5, 5.41) is 1.35. The predicted octanol–water partition coefficient (Wildman–Crippen LogP) is 1.37. The predicted molar refractivity (Wildman–Crippen MR) is 62.4 cm³/mol. The molecule has 4 heteroatoms. The van der Waals surface area contributed by atoms with Gasteiger partial charge in [0.2, 0.25) is 5.96 Å². The molecule has 0 heterocycles. The second-order valence-corrected chi connectivity index (χ2v) is 3.16. The Morgan fingerprint density at radius 2 is 1.64 bits per heavy atom. The maximum Gasteiger partial charge on any atom is 0.235 e. The zero-order valence-corrected chi connectivity index (χ0v) is 9.33. The third kappa shape index (κ3) is 3.53. The Labute approximate surface area is 85.5 Å². The van der Waals surface area contributed by atoms with Crippen LogP contribution in [-0.2, 0) is 0 Å². The third-order valence-electron chi connectivity index (χ3n) is 1.54. The molecule has 0 aliphatic rings. The summed E-state index contributed by atoms with van der Waals surface area (Å²) in [7, 11) is 3.32. The molecule has 78 valence electrons. The zero-order chi connectivity index (χ0) is 11.3. The maximum atomic E-state index is 5.53. The van der Waals surface area contributed by atoms with Crippen LogP contribution in [0.4, 0.5) is 0 Å². The lowest BCUT2D eigenvalue weighted by atomic mass is 10.1. The molecule has 0 spiro atoms. The molecule has 0 fully saturated rings. The van der Waals surface area contributed by atoms with Gasteiger partial charge in [-0.3, -0.25) is 10.0 Å². The molecular weight excluding hydrogens is 176 g/mol. The second-order valence-electron chi connectivity index (χ2n) is 3.16. The van der Waals surface area contributed by atoms with Gasteiger partial charge in [0.25, 0.3) is 0 Å². The van der Waals surface area contributed by atoms with Crippen molar-refractivity contribution in [1.82, 2.24) is 5.01 Å². The smallest absolute Gasteiger partial charge is 0.235 e. The quantitative estimate of drug-likeness (QED) is 0.312. The van der Waals surface area contributed by atoms with Crippen LogP contribution < -0.4 is 5.84 Å². The molecule has 0 aliphatic carbocycles. The number of hydrazine groups is 1. The van der Waals surface area contributed by atoms with Crippen molar-refractivity contribution in [2.75, 3.05) is 14.1 Å². The third-order valence-corrected chi connectivity index (χ3v) is 1.54. The fourth-order valence-corrected chi connectivity index (χ4v) is 0.942. The Hall–Kier alpha value is -1.42. The minimum absolute atomic E-state index is 0.450. The van der Waals surface area contributed by atoms with Crippen molar-refractivity contribution >= 4 is 11.7 Å². The summed E-state index contributed by atoms with van der Waals surface area (Å²) in [4.78, 5) is 8.20. The van der Waals surface area contributed by atoms with E-state index >= 15 is 0 Å². The van der Waals surface area contributed by atoms with Gasteiger partial charge in [0.05, 0.1) is 5.71 Å². The molecule has 0 saturated carbocycles. The van der Waals surface area contributed by atoms with E-state index in [1.807, 2.05) is 13.8 Å². The first-order chi connectivity index (χ1) is 6.40. The van der Waals surface area contributed by atoms with E-state index in [1.165, 1.54) is 5.01 Å². The maximum absolute atomic E-state index is 5.53. The van der Waals surface area contributed by atoms with Crippen molar-refractivity contribution in [2.45, 2.75) is 13.8 Å². The Bertz CT molecular complexity index is 281. The van der Waals surface area contributed by atoms with Crippen molar-refractivity contribution in [2.24, 2.45) is 15.8 Å². The van der Waals surface area contributed by atoms with Crippen LogP contribution in [0, 0.1) is 0 Å². The summed E-state index contributed by atoms with van der Waals surface area (Å²) in [6, 6.07) is 0. The standard InChI is InChI=1S/C10H18N4/c1-7(2)9(8(3)4)13-10(12-5)14(6)11/h1,3,11H2,2,4-6H3/b12-10-. The van der Waals surface area contributed by atoms with Crippen molar-refractivity contribution in [3.8, 4) is 0 Å². The van der Waals surface area contributed by atoms with Gasteiger partial charge in [-0.25, -0.2) is 10.8 Å². The first-order valence-corrected chi connectivity index (χ1v) is 4.25. The highest BCUT2D eigenvalue weighted by Crippen LogP contribution is 2.04. The Balaban J connectivity index is 5.10. The number of hydrogen-bond acceptors (Lipinski definition) is 2. The van der Waals surface area contributed by atoms with Gasteiger partial charge in [-0.15, -0.1) is 0 Å². The van der Waals surface area contributed by atoms with E-state index < -0.39 is 0 Å². The fourth-order valence-electron chi connectivity index (χ4n) is 0.942. The lowest BCUT2D eigenvalue weighted by Gasteiger charge is -2.12. The van der Waals surface area contributed by atoms with Crippen LogP contribution in [0.5, 0.6) is 0 Å². The SMILES string of the molecule is C=C(C)C(=N/C(=N/C)N(C)N)C(=C)C. The van der Waals surface area contributed by atoms with E-state index in [1.54, 1.807) is 14.1 Å². The lowest BCUT2D eigenvalue weighted by molar-refractivity contribution is 0.531. The summed E-state index contributed by atoms with van der Waals surface area (Å²) in [6.45, 7) is 11.4. The fraction of sp³-hybridized carbons (Fsp3) is 0.400. The van der Waals surface area contributed by atoms with E-state index in [2.05, 4.69) is 23.1 Å². The van der Waals surface area contributed by atoms with Gasteiger partial charge in [0.15, 0.2) is 0 Å². The molecule has 0 aliphatic heterocycles. The summed E-state index contributed by atoms with van der Waals surface area (Å²) in [5.74, 6) is 5.98. The van der Waals surface area contributed by atoms with Gasteiger partial charge in [0, 0.05) is 14.1 Å². The van der Waals surface area contributed by atoms with Gasteiger partial charge in [-0.2, -0.15) is 0 Å². The zero-order valence-electron chi connectivity index (χ0n) is 9.33. The van der Waals surface area contributed by atoms with Crippen molar-refractivity contribution in [3.63, 3.8) is 0 Å². The summed E-state index contributed by atoms with van der Waals surface area (Å²) in [5.41, 5.74) is 2.43. The van der Waals surface area contributed by atoms with Crippen molar-refractivity contribution in [1.29, 1.82) is 0 Å². The molecule has 0 aromatic carbocycles. The second kappa shape index (κ2) is 5.34. The highest BCUT2D eigenvalue weighted by molar-refractivity contribution is 6.15. The highest BCUT2D eigenvalue weighted by atomic mass is 15.4. The molecule has 0 rings (SSSR count). The number of guanidine groups is 1. The average Bonchev–Trinajstić information content (AvgIpc) is 2.03. The molecule has 0 bridgehead atoms. The minimum atomic E-state index is 0.450. The molecule has 0 saturated heterocycles. The molecule has 0 aromatic heterocycles. The molecular formula is C10H18N4. The van der Waals surface area contributed by atoms with Crippen LogP contribution in [0.25, 0.3) is 0 Å². The number of rotatable bonds is 2. The average molecular weight is 194 g/mol. The first kappa shape index (κ1) is 12.6. The van der Waals surface area contributed by atoms with Crippen LogP contribution in [0.2, 0.25) is 0 Å². The summed E-state index contributed by atoms with van der Waals surface area (Å²) < 4.78 is 0. The van der Waals surface area contributed by atoms with E-state index in [9.17, 15) is 0 Å². The number of allylic oxidation sites excluding steroid dienone is 2. The molecule has 2 N–H and O–H groups in total. The largest absolute Gasteiger partial charge is 0.282 e. The number of aliphatic imine (C=N–C) groups is 2. The molecule has 0 atom stereocenters. The van der Waals surface area contributed by atoms with E-state index in [-0.39, 0.29) is 0 Å². The van der Waals surface area contributed by atoms with Gasteiger partial charge in [0.1, 0.15) is 0 Å². The molecule has 0 unspecified atom stereocenters. The minimum Gasteiger partial charge on any atom is -0.282 e. The number of nitrogens with zero attached hydrogens (tertiary/aromatic N) is 3. The molecule has 0 aromatic rings. The summed E-state index contributed by atoms with van der Waals surface area (Å²) in [6.07, 6.45) is 0. The molecule has 0 amide bonds. The Morgan fingerprint density at radius 1 is 1.21 bits per heavy atom. The van der Waals surface area contributed by atoms with Gasteiger partial charge >= 0.3 is 0 Å². The van der Waals surface area contributed by atoms with Crippen LogP contribution >= 0.6 is 0 Å². The van der Waals surface area contributed by atoms with Gasteiger partial charge in [-0.05, 0) is 25.0 Å². The van der Waals surface area contributed by atoms with E-state index in [4.69, 9.17) is 5.84 Å². The van der Waals surface area contributed by atoms with Crippen molar-refractivity contribution in [3.05, 3.63) is 24.3 Å². The monoisotopic (exact) mass is 194 g/mol. The van der Waals surface area contributed by atoms with Crippen LogP contribution in [0.15, 0.2) is 34.3 Å². The van der Waals surface area contributed by atoms with Crippen LogP contribution in [0.3, 0.4) is 0 Å². The van der Waals surface area contributed by atoms with Crippen molar-refractivity contribution < 1.29 is 0 Å². The topological polar surface area (TPSA) is 54.0 Å². The normalized spacial score (nSPS) is 10.8. The van der Waals surface area contributed by atoms with Crippen LogP contribution in [-0.4, -0.2) is 30.8 Å². The van der Waals surface area contributed by atoms with Gasteiger partial charge < -0.3 is 0 Å². The number of nitrogens with two attached hydrogens (primary N) is 1. The molecule has 4 nitrogen and oxygen atoms in total. The lowest BCUT2D eigenvalue weighted by Crippen LogP contribution is -2.32. The molecule has 0 radical (unpaired) electrons. The van der Waals surface area contributed by atoms with E-state index in [0.29, 0.717) is 5.96 Å². The molecule has 14 heavy (non-hydrogen) atoms. The summed E-state index contributed by atoms with van der Waals surface area (Å²) >= 11 is 0. The Kier molecular flexibility index (Phi) is 4.80. The van der Waals surface area contributed by atoms with Crippen LogP contribution in [0.1, 0.15) is 13.8 Å².